The first-order valence-electron chi connectivity index (χ1n) is 9.35. The number of amides is 2. The molecule has 6 heteroatoms. The minimum absolute atomic E-state index is 0.101. The molecular formula is C19H27N3O3. The van der Waals surface area contributed by atoms with E-state index in [-0.39, 0.29) is 17.9 Å². The summed E-state index contributed by atoms with van der Waals surface area (Å²) >= 11 is 0. The van der Waals surface area contributed by atoms with Crippen LogP contribution in [0.15, 0.2) is 18.3 Å². The Labute approximate surface area is 148 Å². The fourth-order valence-corrected chi connectivity index (χ4v) is 3.71. The number of hydrogen-bond acceptors (Lipinski definition) is 4. The van der Waals surface area contributed by atoms with Crippen LogP contribution in [0.1, 0.15) is 55.8 Å². The zero-order valence-electron chi connectivity index (χ0n) is 14.9. The van der Waals surface area contributed by atoms with Crippen LogP contribution in [0.4, 0.5) is 0 Å². The maximum absolute atomic E-state index is 12.5. The molecule has 3 rings (SSSR count). The van der Waals surface area contributed by atoms with Gasteiger partial charge in [-0.2, -0.15) is 0 Å². The summed E-state index contributed by atoms with van der Waals surface area (Å²) in [5.74, 6) is 0.969. The van der Waals surface area contributed by atoms with Crippen LogP contribution in [0.3, 0.4) is 0 Å². The smallest absolute Gasteiger partial charge is 0.256 e. The highest BCUT2D eigenvalue weighted by Crippen LogP contribution is 2.29. The van der Waals surface area contributed by atoms with Crippen molar-refractivity contribution in [1.29, 1.82) is 0 Å². The van der Waals surface area contributed by atoms with E-state index in [1.165, 1.54) is 25.7 Å². The Balaban J connectivity index is 1.56. The fourth-order valence-electron chi connectivity index (χ4n) is 3.71. The van der Waals surface area contributed by atoms with Crippen molar-refractivity contribution in [2.24, 2.45) is 5.92 Å². The molecule has 1 aromatic heterocycles. The molecule has 1 atom stereocenters. The molecule has 2 amide bonds. The van der Waals surface area contributed by atoms with Crippen molar-refractivity contribution >= 4 is 11.8 Å². The van der Waals surface area contributed by atoms with Crippen LogP contribution < -0.4 is 10.1 Å². The van der Waals surface area contributed by atoms with Crippen LogP contribution in [-0.4, -0.2) is 47.4 Å². The number of pyridine rings is 1. The summed E-state index contributed by atoms with van der Waals surface area (Å²) in [6.07, 6.45) is 7.85. The number of carbonyl (C=O) groups excluding carboxylic acids is 2. The standard InChI is InChI=1S/C19H27N3O3/c1-2-20-18(24)16-8-5-10-21-19(16)25-15-9-11-22(13-15)17(23)12-14-6-3-4-7-14/h5,8,10,14-15H,2-4,6-7,9,11-13H2,1H3,(H,20,24). The minimum atomic E-state index is -0.183. The number of likely N-dealkylation sites (tertiary alicyclic amines) is 1. The lowest BCUT2D eigenvalue weighted by Crippen LogP contribution is -2.32. The molecule has 2 aliphatic rings. The molecule has 1 aromatic rings. The third-order valence-corrected chi connectivity index (χ3v) is 5.07. The van der Waals surface area contributed by atoms with Crippen molar-refractivity contribution in [1.82, 2.24) is 15.2 Å². The van der Waals surface area contributed by atoms with E-state index in [0.717, 1.165) is 13.0 Å². The van der Waals surface area contributed by atoms with Gasteiger partial charge in [0.2, 0.25) is 11.8 Å². The van der Waals surface area contributed by atoms with E-state index in [2.05, 4.69) is 10.3 Å². The van der Waals surface area contributed by atoms with E-state index in [1.54, 1.807) is 18.3 Å². The lowest BCUT2D eigenvalue weighted by molar-refractivity contribution is -0.131. The molecular weight excluding hydrogens is 318 g/mol. The van der Waals surface area contributed by atoms with Crippen molar-refractivity contribution in [3.63, 3.8) is 0 Å². The Morgan fingerprint density at radius 1 is 1.32 bits per heavy atom. The van der Waals surface area contributed by atoms with Gasteiger partial charge in [-0.3, -0.25) is 9.59 Å². The summed E-state index contributed by atoms with van der Waals surface area (Å²) in [5.41, 5.74) is 0.445. The first kappa shape index (κ1) is 17.7. The predicted molar refractivity (Wildman–Crippen MR) is 94.4 cm³/mol. The van der Waals surface area contributed by atoms with Crippen molar-refractivity contribution in [2.75, 3.05) is 19.6 Å². The summed E-state index contributed by atoms with van der Waals surface area (Å²) in [6.45, 7) is 3.73. The van der Waals surface area contributed by atoms with Gasteiger partial charge in [-0.25, -0.2) is 4.98 Å². The normalized spacial score (nSPS) is 20.7. The third kappa shape index (κ3) is 4.50. The summed E-state index contributed by atoms with van der Waals surface area (Å²) in [7, 11) is 0. The first-order chi connectivity index (χ1) is 12.2. The Morgan fingerprint density at radius 2 is 2.12 bits per heavy atom. The third-order valence-electron chi connectivity index (χ3n) is 5.07. The predicted octanol–water partition coefficient (Wildman–Crippen LogP) is 2.39. The van der Waals surface area contributed by atoms with E-state index < -0.39 is 0 Å². The van der Waals surface area contributed by atoms with E-state index in [9.17, 15) is 9.59 Å². The maximum Gasteiger partial charge on any atom is 0.256 e. The molecule has 0 spiro atoms. The SMILES string of the molecule is CCNC(=O)c1cccnc1OC1CCN(C(=O)CC2CCCC2)C1. The van der Waals surface area contributed by atoms with Crippen molar-refractivity contribution in [3.05, 3.63) is 23.9 Å². The summed E-state index contributed by atoms with van der Waals surface area (Å²) in [4.78, 5) is 30.7. The molecule has 136 valence electrons. The minimum Gasteiger partial charge on any atom is -0.472 e. The number of aromatic nitrogens is 1. The summed E-state index contributed by atoms with van der Waals surface area (Å²) in [6, 6.07) is 3.44. The Kier molecular flexibility index (Phi) is 5.89. The average molecular weight is 345 g/mol. The maximum atomic E-state index is 12.5. The second-order valence-electron chi connectivity index (χ2n) is 6.94. The molecule has 1 N–H and O–H groups in total. The molecule has 2 fully saturated rings. The van der Waals surface area contributed by atoms with Gasteiger partial charge in [0.25, 0.3) is 5.91 Å². The van der Waals surface area contributed by atoms with Gasteiger partial charge in [-0.05, 0) is 37.8 Å². The van der Waals surface area contributed by atoms with Crippen LogP contribution in [0.25, 0.3) is 0 Å². The summed E-state index contributed by atoms with van der Waals surface area (Å²) < 4.78 is 5.96. The Bertz CT molecular complexity index is 614. The molecule has 2 heterocycles. The number of carbonyl (C=O) groups is 2. The molecule has 25 heavy (non-hydrogen) atoms. The monoisotopic (exact) mass is 345 g/mol. The van der Waals surface area contributed by atoms with Gasteiger partial charge in [0.05, 0.1) is 6.54 Å². The summed E-state index contributed by atoms with van der Waals surface area (Å²) in [5, 5.41) is 2.77. The number of hydrogen-bond donors (Lipinski definition) is 1. The van der Waals surface area contributed by atoms with Gasteiger partial charge in [-0.15, -0.1) is 0 Å². The number of rotatable bonds is 6. The van der Waals surface area contributed by atoms with Gasteiger partial charge < -0.3 is 15.0 Å². The fraction of sp³-hybridized carbons (Fsp3) is 0.632. The number of ether oxygens (including phenoxy) is 1. The largest absolute Gasteiger partial charge is 0.472 e. The quantitative estimate of drug-likeness (QED) is 0.859. The number of nitrogens with one attached hydrogen (secondary N) is 1. The second-order valence-corrected chi connectivity index (χ2v) is 6.94. The van der Waals surface area contributed by atoms with Crippen LogP contribution in [0.5, 0.6) is 5.88 Å². The van der Waals surface area contributed by atoms with Crippen molar-refractivity contribution in [2.45, 2.75) is 51.6 Å². The van der Waals surface area contributed by atoms with Gasteiger partial charge in [0.1, 0.15) is 11.7 Å². The zero-order valence-corrected chi connectivity index (χ0v) is 14.9. The lowest BCUT2D eigenvalue weighted by Gasteiger charge is -2.19. The molecule has 1 aliphatic heterocycles. The molecule has 1 saturated heterocycles. The highest BCUT2D eigenvalue weighted by atomic mass is 16.5. The van der Waals surface area contributed by atoms with Gasteiger partial charge in [0, 0.05) is 32.1 Å². The average Bonchev–Trinajstić information content (AvgIpc) is 3.27. The second kappa shape index (κ2) is 8.32. The molecule has 0 radical (unpaired) electrons. The van der Waals surface area contributed by atoms with Gasteiger partial charge >= 0.3 is 0 Å². The molecule has 1 saturated carbocycles. The van der Waals surface area contributed by atoms with E-state index in [1.807, 2.05) is 11.8 Å². The molecule has 0 aromatic carbocycles. The highest BCUT2D eigenvalue weighted by Gasteiger charge is 2.30. The Morgan fingerprint density at radius 3 is 2.88 bits per heavy atom. The van der Waals surface area contributed by atoms with Crippen molar-refractivity contribution in [3.8, 4) is 5.88 Å². The van der Waals surface area contributed by atoms with Crippen molar-refractivity contribution < 1.29 is 14.3 Å². The highest BCUT2D eigenvalue weighted by molar-refractivity contribution is 5.96. The van der Waals surface area contributed by atoms with Gasteiger partial charge in [0.15, 0.2) is 0 Å². The zero-order chi connectivity index (χ0) is 17.6. The first-order valence-corrected chi connectivity index (χ1v) is 9.35. The van der Waals surface area contributed by atoms with Crippen LogP contribution in [-0.2, 0) is 4.79 Å². The van der Waals surface area contributed by atoms with E-state index in [4.69, 9.17) is 4.74 Å². The van der Waals surface area contributed by atoms with E-state index >= 15 is 0 Å². The Hall–Kier alpha value is -2.11. The molecule has 6 nitrogen and oxygen atoms in total. The van der Waals surface area contributed by atoms with E-state index in [0.29, 0.717) is 36.9 Å². The number of nitrogens with zero attached hydrogens (tertiary/aromatic N) is 2. The van der Waals surface area contributed by atoms with Crippen LogP contribution in [0.2, 0.25) is 0 Å². The van der Waals surface area contributed by atoms with Gasteiger partial charge in [-0.1, -0.05) is 12.8 Å². The lowest BCUT2D eigenvalue weighted by atomic mass is 10.0. The topological polar surface area (TPSA) is 71.5 Å². The molecule has 0 bridgehead atoms. The van der Waals surface area contributed by atoms with Crippen LogP contribution >= 0.6 is 0 Å². The van der Waals surface area contributed by atoms with Crippen LogP contribution in [0, 0.1) is 5.92 Å². The molecule has 1 aliphatic carbocycles. The molecule has 1 unspecified atom stereocenters.